The summed E-state index contributed by atoms with van der Waals surface area (Å²) in [6.45, 7) is 3.23. The van der Waals surface area contributed by atoms with Crippen LogP contribution in [0.3, 0.4) is 0 Å². The molecule has 0 atom stereocenters. The number of benzene rings is 1. The lowest BCUT2D eigenvalue weighted by atomic mass is 10.2. The molecule has 0 aliphatic carbocycles. The monoisotopic (exact) mass is 352 g/mol. The van der Waals surface area contributed by atoms with E-state index in [1.165, 1.54) is 0 Å². The van der Waals surface area contributed by atoms with E-state index in [0.29, 0.717) is 13.1 Å². The lowest BCUT2D eigenvalue weighted by Crippen LogP contribution is -2.27. The zero-order valence-corrected chi connectivity index (χ0v) is 14.9. The van der Waals surface area contributed by atoms with Gasteiger partial charge in [-0.3, -0.25) is 14.5 Å². The van der Waals surface area contributed by atoms with E-state index in [1.807, 2.05) is 53.3 Å². The summed E-state index contributed by atoms with van der Waals surface area (Å²) in [5.74, 6) is 0.896. The van der Waals surface area contributed by atoms with Crippen molar-refractivity contribution in [2.75, 3.05) is 12.3 Å². The second-order valence-electron chi connectivity index (χ2n) is 5.39. The van der Waals surface area contributed by atoms with Gasteiger partial charge >= 0.3 is 0 Å². The molecule has 128 valence electrons. The number of aromatic nitrogens is 3. The first-order valence-electron chi connectivity index (χ1n) is 8.22. The van der Waals surface area contributed by atoms with Crippen molar-refractivity contribution in [2.24, 2.45) is 0 Å². The number of amides is 1. The summed E-state index contributed by atoms with van der Waals surface area (Å²) < 4.78 is 1.84. The van der Waals surface area contributed by atoms with E-state index in [1.54, 1.807) is 24.2 Å². The summed E-state index contributed by atoms with van der Waals surface area (Å²) in [4.78, 5) is 17.4. The number of carbonyl (C=O) groups is 1. The maximum absolute atomic E-state index is 12.4. The second kappa shape index (κ2) is 8.48. The average molecular weight is 352 g/mol. The number of carbonyl (C=O) groups excluding carboxylic acids is 1. The van der Waals surface area contributed by atoms with E-state index < -0.39 is 0 Å². The quantitative estimate of drug-likeness (QED) is 0.661. The Bertz CT molecular complexity index is 832. The van der Waals surface area contributed by atoms with Crippen LogP contribution in [-0.2, 0) is 6.54 Å². The van der Waals surface area contributed by atoms with Gasteiger partial charge in [-0.2, -0.15) is 5.10 Å². The van der Waals surface area contributed by atoms with Gasteiger partial charge in [0, 0.05) is 35.6 Å². The first-order chi connectivity index (χ1) is 12.3. The van der Waals surface area contributed by atoms with Crippen molar-refractivity contribution in [1.82, 2.24) is 20.1 Å². The summed E-state index contributed by atoms with van der Waals surface area (Å²) in [7, 11) is 0. The van der Waals surface area contributed by atoms with E-state index in [0.717, 1.165) is 27.5 Å². The number of nitrogens with one attached hydrogen (secondary N) is 1. The molecule has 0 bridgehead atoms. The number of thioether (sulfide) groups is 1. The molecule has 0 fully saturated rings. The molecule has 0 radical (unpaired) electrons. The zero-order valence-electron chi connectivity index (χ0n) is 14.1. The molecule has 0 unspecified atom stereocenters. The lowest BCUT2D eigenvalue weighted by molar-refractivity contribution is 0.0949. The van der Waals surface area contributed by atoms with Gasteiger partial charge in [0.25, 0.3) is 5.91 Å². The molecule has 3 aromatic rings. The summed E-state index contributed by atoms with van der Waals surface area (Å²) in [5.41, 5.74) is 2.66. The molecule has 1 aromatic carbocycles. The SMILES string of the molecule is CCSc1ccccc1C(=O)NCCn1ccc(-c2ccncc2)n1. The number of rotatable bonds is 7. The highest BCUT2D eigenvalue weighted by Gasteiger charge is 2.10. The summed E-state index contributed by atoms with van der Waals surface area (Å²) in [6.07, 6.45) is 5.42. The van der Waals surface area contributed by atoms with Gasteiger partial charge < -0.3 is 5.32 Å². The maximum Gasteiger partial charge on any atom is 0.252 e. The third kappa shape index (κ3) is 4.48. The van der Waals surface area contributed by atoms with Gasteiger partial charge in [0.05, 0.1) is 17.8 Å². The van der Waals surface area contributed by atoms with Crippen LogP contribution in [0.25, 0.3) is 11.3 Å². The maximum atomic E-state index is 12.4. The summed E-state index contributed by atoms with van der Waals surface area (Å²) in [6, 6.07) is 13.5. The smallest absolute Gasteiger partial charge is 0.252 e. The Kier molecular flexibility index (Phi) is 5.85. The number of hydrogen-bond donors (Lipinski definition) is 1. The fourth-order valence-electron chi connectivity index (χ4n) is 2.48. The van der Waals surface area contributed by atoms with Crippen molar-refractivity contribution in [2.45, 2.75) is 18.4 Å². The number of nitrogens with zero attached hydrogens (tertiary/aromatic N) is 3. The lowest BCUT2D eigenvalue weighted by Gasteiger charge is -2.09. The molecular formula is C19H20N4OS. The topological polar surface area (TPSA) is 59.8 Å². The molecule has 5 nitrogen and oxygen atoms in total. The summed E-state index contributed by atoms with van der Waals surface area (Å²) in [5, 5.41) is 7.50. The summed E-state index contributed by atoms with van der Waals surface area (Å²) >= 11 is 1.68. The number of hydrogen-bond acceptors (Lipinski definition) is 4. The normalized spacial score (nSPS) is 10.6. The third-order valence-corrected chi connectivity index (χ3v) is 4.63. The largest absolute Gasteiger partial charge is 0.350 e. The van der Waals surface area contributed by atoms with Crippen molar-refractivity contribution in [3.8, 4) is 11.3 Å². The van der Waals surface area contributed by atoms with E-state index in [4.69, 9.17) is 0 Å². The first kappa shape index (κ1) is 17.2. The molecule has 1 amide bonds. The van der Waals surface area contributed by atoms with Crippen LogP contribution < -0.4 is 5.32 Å². The Morgan fingerprint density at radius 3 is 2.76 bits per heavy atom. The van der Waals surface area contributed by atoms with Crippen molar-refractivity contribution >= 4 is 17.7 Å². The molecule has 3 rings (SSSR count). The van der Waals surface area contributed by atoms with Gasteiger partial charge in [0.1, 0.15) is 0 Å². The van der Waals surface area contributed by atoms with Gasteiger partial charge in [0.15, 0.2) is 0 Å². The van der Waals surface area contributed by atoms with Gasteiger partial charge in [-0.05, 0) is 36.1 Å². The van der Waals surface area contributed by atoms with Crippen LogP contribution in [0.4, 0.5) is 0 Å². The van der Waals surface area contributed by atoms with Gasteiger partial charge in [-0.15, -0.1) is 11.8 Å². The van der Waals surface area contributed by atoms with Crippen LogP contribution in [0.15, 0.2) is 66.0 Å². The van der Waals surface area contributed by atoms with E-state index in [9.17, 15) is 4.79 Å². The highest BCUT2D eigenvalue weighted by Crippen LogP contribution is 2.22. The molecule has 0 aliphatic rings. The zero-order chi connectivity index (χ0) is 17.5. The van der Waals surface area contributed by atoms with E-state index in [-0.39, 0.29) is 5.91 Å². The predicted octanol–water partition coefficient (Wildman–Crippen LogP) is 3.49. The second-order valence-corrected chi connectivity index (χ2v) is 6.69. The van der Waals surface area contributed by atoms with E-state index >= 15 is 0 Å². The fourth-order valence-corrected chi connectivity index (χ4v) is 3.28. The van der Waals surface area contributed by atoms with Crippen molar-refractivity contribution < 1.29 is 4.79 Å². The Labute approximate surface area is 151 Å². The molecule has 2 heterocycles. The molecule has 0 aliphatic heterocycles. The number of pyridine rings is 1. The minimum absolute atomic E-state index is 0.0435. The van der Waals surface area contributed by atoms with Crippen molar-refractivity contribution in [3.05, 3.63) is 66.6 Å². The minimum Gasteiger partial charge on any atom is -0.350 e. The highest BCUT2D eigenvalue weighted by atomic mass is 32.2. The molecule has 0 saturated carbocycles. The molecule has 25 heavy (non-hydrogen) atoms. The average Bonchev–Trinajstić information content (AvgIpc) is 3.12. The standard InChI is InChI=1S/C19H20N4OS/c1-2-25-18-6-4-3-5-16(18)19(24)21-12-14-23-13-9-17(22-23)15-7-10-20-11-8-15/h3-11,13H,2,12,14H2,1H3,(H,21,24). The van der Waals surface area contributed by atoms with Gasteiger partial charge in [-0.25, -0.2) is 0 Å². The van der Waals surface area contributed by atoms with Crippen LogP contribution >= 0.6 is 11.8 Å². The Morgan fingerprint density at radius 2 is 1.96 bits per heavy atom. The third-order valence-electron chi connectivity index (χ3n) is 3.67. The van der Waals surface area contributed by atoms with Crippen LogP contribution in [0.1, 0.15) is 17.3 Å². The van der Waals surface area contributed by atoms with Crippen LogP contribution in [-0.4, -0.2) is 33.0 Å². The fraction of sp³-hybridized carbons (Fsp3) is 0.211. The first-order valence-corrected chi connectivity index (χ1v) is 9.20. The van der Waals surface area contributed by atoms with Crippen LogP contribution in [0, 0.1) is 0 Å². The predicted molar refractivity (Wildman–Crippen MR) is 101 cm³/mol. The Morgan fingerprint density at radius 1 is 1.16 bits per heavy atom. The van der Waals surface area contributed by atoms with Crippen molar-refractivity contribution in [1.29, 1.82) is 0 Å². The Balaban J connectivity index is 1.57. The minimum atomic E-state index is -0.0435. The molecule has 6 heteroatoms. The molecule has 2 aromatic heterocycles. The molecule has 0 spiro atoms. The van der Waals surface area contributed by atoms with E-state index in [2.05, 4.69) is 22.3 Å². The van der Waals surface area contributed by atoms with Crippen molar-refractivity contribution in [3.63, 3.8) is 0 Å². The highest BCUT2D eigenvalue weighted by molar-refractivity contribution is 7.99. The Hall–Kier alpha value is -2.60. The van der Waals surface area contributed by atoms with Crippen LogP contribution in [0.2, 0.25) is 0 Å². The van der Waals surface area contributed by atoms with Crippen LogP contribution in [0.5, 0.6) is 0 Å². The molecular weight excluding hydrogens is 332 g/mol. The molecule has 0 saturated heterocycles. The van der Waals surface area contributed by atoms with Gasteiger partial charge in [-0.1, -0.05) is 19.1 Å². The molecule has 1 N–H and O–H groups in total. The van der Waals surface area contributed by atoms with Gasteiger partial charge in [0.2, 0.25) is 0 Å².